The van der Waals surface area contributed by atoms with Crippen LogP contribution in [-0.4, -0.2) is 45.2 Å². The summed E-state index contributed by atoms with van der Waals surface area (Å²) in [6.07, 6.45) is 11.9. The Hall–Kier alpha value is -4.04. The number of hydrogen-bond donors (Lipinski definition) is 3. The summed E-state index contributed by atoms with van der Waals surface area (Å²) in [5, 5.41) is 29.9. The van der Waals surface area contributed by atoms with Crippen LogP contribution in [-0.2, 0) is 6.54 Å². The average molecular weight is 755 g/mol. The Kier molecular flexibility index (Phi) is 8.65. The molecule has 2 bridgehead atoms. The monoisotopic (exact) mass is 754 g/mol. The van der Waals surface area contributed by atoms with Crippen molar-refractivity contribution in [2.24, 2.45) is 33.5 Å². The van der Waals surface area contributed by atoms with Gasteiger partial charge in [0.25, 0.3) is 0 Å². The average Bonchev–Trinajstić information content (AvgIpc) is 3.74. The first-order chi connectivity index (χ1) is 26.3. The van der Waals surface area contributed by atoms with Crippen LogP contribution < -0.4 is 5.32 Å². The van der Waals surface area contributed by atoms with E-state index in [0.717, 1.165) is 69.3 Å². The number of thiophene rings is 1. The zero-order valence-electron chi connectivity index (χ0n) is 32.6. The predicted octanol–water partition coefficient (Wildman–Crippen LogP) is 9.96. The largest absolute Gasteiger partial charge is 0.393 e. The van der Waals surface area contributed by atoms with Crippen LogP contribution in [0.4, 0.5) is 4.79 Å². The molecule has 0 radical (unpaired) electrons. The molecular weight excluding hydrogens is 701 g/mol. The van der Waals surface area contributed by atoms with Gasteiger partial charge in [0, 0.05) is 33.2 Å². The number of carbonyl (C=O) groups excluding carboxylic acids is 2. The van der Waals surface area contributed by atoms with E-state index in [1.165, 1.54) is 0 Å². The second kappa shape index (κ2) is 13.0. The van der Waals surface area contributed by atoms with Crippen LogP contribution in [0, 0.1) is 40.4 Å². The third-order valence-corrected chi connectivity index (χ3v) is 16.5. The highest BCUT2D eigenvalue weighted by Crippen LogP contribution is 2.78. The van der Waals surface area contributed by atoms with E-state index in [2.05, 4.69) is 61.7 Å². The number of nitrogens with one attached hydrogen (secondary N) is 1. The molecule has 3 saturated carbocycles. The summed E-state index contributed by atoms with van der Waals surface area (Å²) < 4.78 is 0. The summed E-state index contributed by atoms with van der Waals surface area (Å²) in [7, 11) is 0. The number of aliphatic hydroxyl groups excluding tert-OH is 1. The summed E-state index contributed by atoms with van der Waals surface area (Å²) in [5.41, 5.74) is 0.155. The summed E-state index contributed by atoms with van der Waals surface area (Å²) in [6.45, 7) is 9.27. The number of nitrogens with zero attached hydrogens (tertiary/aromatic N) is 1. The fourth-order valence-electron chi connectivity index (χ4n) is 12.5. The van der Waals surface area contributed by atoms with E-state index in [0.29, 0.717) is 19.4 Å². The number of carbonyl (C=O) groups is 2. The van der Waals surface area contributed by atoms with E-state index >= 15 is 0 Å². The van der Waals surface area contributed by atoms with Gasteiger partial charge in [0.2, 0.25) is 0 Å². The molecule has 1 aromatic heterocycles. The minimum atomic E-state index is -1.19. The third kappa shape index (κ3) is 5.39. The molecule has 6 nitrogen and oxygen atoms in total. The van der Waals surface area contributed by atoms with Gasteiger partial charge in [-0.2, -0.15) is 0 Å². The van der Waals surface area contributed by atoms with Crippen molar-refractivity contribution in [1.29, 1.82) is 0 Å². The van der Waals surface area contributed by atoms with E-state index < -0.39 is 22.5 Å². The zero-order chi connectivity index (χ0) is 38.4. The van der Waals surface area contributed by atoms with Gasteiger partial charge in [-0.3, -0.25) is 4.79 Å². The van der Waals surface area contributed by atoms with Gasteiger partial charge in [0.05, 0.1) is 29.2 Å². The van der Waals surface area contributed by atoms with Crippen LogP contribution in [0.15, 0.2) is 109 Å². The molecule has 6 aliphatic rings. The molecule has 2 amide bonds. The lowest BCUT2D eigenvalue weighted by molar-refractivity contribution is -0.174. The normalized spacial score (nSPS) is 35.0. The molecule has 1 heterocycles. The molecule has 3 fully saturated rings. The minimum absolute atomic E-state index is 0.00365. The molecule has 0 saturated heterocycles. The molecular formula is C48H54N2O4S. The summed E-state index contributed by atoms with van der Waals surface area (Å²) >= 11 is 1.56. The van der Waals surface area contributed by atoms with Crippen molar-refractivity contribution in [2.45, 2.75) is 96.9 Å². The van der Waals surface area contributed by atoms with Crippen LogP contribution in [0.2, 0.25) is 0 Å². The standard InChI is InChI=1S/C48H54N2O4S/c1-31-17-18-39(55-31)42(52)38-28-46-25-26-48(38)40(44(46,3)22-19-36(51)27-46)20-23-45(4)41(48)21-24-47(45,54)30-50(43(53)49-32(2)33-11-6-5-7-12-33)29-35-15-10-14-34-13-8-9-16-37(34)35/h5-18,25-26,28,32,36,40-41,51,54H,19-24,27,29-30H2,1-4H3,(H,49,53). The van der Waals surface area contributed by atoms with Gasteiger partial charge in [0.15, 0.2) is 5.78 Å². The van der Waals surface area contributed by atoms with Crippen molar-refractivity contribution in [3.63, 3.8) is 0 Å². The molecule has 3 aromatic carbocycles. The number of hydrogen-bond acceptors (Lipinski definition) is 5. The van der Waals surface area contributed by atoms with E-state index in [9.17, 15) is 19.8 Å². The van der Waals surface area contributed by atoms with Crippen molar-refractivity contribution < 1.29 is 19.8 Å². The number of ketones is 1. The van der Waals surface area contributed by atoms with Gasteiger partial charge < -0.3 is 20.4 Å². The Labute approximate surface area is 329 Å². The van der Waals surface area contributed by atoms with Crippen LogP contribution >= 0.6 is 11.3 Å². The molecule has 55 heavy (non-hydrogen) atoms. The van der Waals surface area contributed by atoms with Gasteiger partial charge in [-0.15, -0.1) is 11.3 Å². The first-order valence-corrected chi connectivity index (χ1v) is 21.2. The van der Waals surface area contributed by atoms with Gasteiger partial charge in [-0.25, -0.2) is 4.79 Å². The SMILES string of the molecule is Cc1ccc(C(=O)C2=CC34C=CC25C(CCC2(C)C5CCC2(O)CN(Cc2cccc5ccccc25)C(=O)NC(C)c2ccccc2)C3(C)CCC(O)C4)s1. The zero-order valence-corrected chi connectivity index (χ0v) is 33.4. The molecule has 10 rings (SSSR count). The summed E-state index contributed by atoms with van der Waals surface area (Å²) in [4.78, 5) is 33.2. The number of benzene rings is 3. The highest BCUT2D eigenvalue weighted by molar-refractivity contribution is 7.14. The molecule has 0 aliphatic heterocycles. The first kappa shape index (κ1) is 36.6. The first-order valence-electron chi connectivity index (χ1n) is 20.3. The number of rotatable bonds is 8. The third-order valence-electron chi connectivity index (χ3n) is 15.5. The highest BCUT2D eigenvalue weighted by Gasteiger charge is 2.74. The number of Topliss-reactive ketones (excluding diaryl/α,β-unsaturated/α-hetero) is 1. The lowest BCUT2D eigenvalue weighted by Gasteiger charge is -2.71. The van der Waals surface area contributed by atoms with Crippen molar-refractivity contribution in [3.05, 3.63) is 130 Å². The fourth-order valence-corrected chi connectivity index (χ4v) is 13.4. The Bertz CT molecular complexity index is 2220. The molecule has 9 atom stereocenters. The number of fused-ring (bicyclic) bond motifs is 2. The molecule has 2 spiro atoms. The lowest BCUT2D eigenvalue weighted by Crippen LogP contribution is -2.67. The van der Waals surface area contributed by atoms with Crippen molar-refractivity contribution in [1.82, 2.24) is 10.2 Å². The molecule has 6 aliphatic carbocycles. The molecule has 286 valence electrons. The van der Waals surface area contributed by atoms with Crippen molar-refractivity contribution >= 4 is 33.9 Å². The topological polar surface area (TPSA) is 89.9 Å². The van der Waals surface area contributed by atoms with E-state index in [-0.39, 0.29) is 47.1 Å². The van der Waals surface area contributed by atoms with Gasteiger partial charge in [0.1, 0.15) is 0 Å². The highest BCUT2D eigenvalue weighted by atomic mass is 32.1. The Morgan fingerprint density at radius 1 is 0.873 bits per heavy atom. The van der Waals surface area contributed by atoms with Crippen molar-refractivity contribution in [3.8, 4) is 0 Å². The number of amides is 2. The molecule has 9 unspecified atom stereocenters. The maximum absolute atomic E-state index is 14.9. The molecule has 3 N–H and O–H groups in total. The Balaban J connectivity index is 1.11. The number of allylic oxidation sites excluding steroid dienone is 4. The molecule has 4 aromatic rings. The number of aliphatic hydroxyl groups is 2. The molecule has 7 heteroatoms. The minimum Gasteiger partial charge on any atom is -0.393 e. The van der Waals surface area contributed by atoms with E-state index in [1.54, 1.807) is 11.3 Å². The maximum atomic E-state index is 14.9. The van der Waals surface area contributed by atoms with Gasteiger partial charge in [-0.1, -0.05) is 105 Å². The summed E-state index contributed by atoms with van der Waals surface area (Å²) in [6, 6.07) is 28.1. The smallest absolute Gasteiger partial charge is 0.318 e. The van der Waals surface area contributed by atoms with Gasteiger partial charge in [-0.05, 0) is 110 Å². The van der Waals surface area contributed by atoms with Crippen LogP contribution in [0.25, 0.3) is 10.8 Å². The fraction of sp³-hybridized carbons (Fsp3) is 0.458. The number of urea groups is 1. The van der Waals surface area contributed by atoms with E-state index in [1.807, 2.05) is 79.4 Å². The van der Waals surface area contributed by atoms with E-state index in [4.69, 9.17) is 0 Å². The number of aryl methyl sites for hydroxylation is 1. The Morgan fingerprint density at radius 3 is 2.36 bits per heavy atom. The van der Waals surface area contributed by atoms with Crippen LogP contribution in [0.1, 0.15) is 97.4 Å². The quantitative estimate of drug-likeness (QED) is 0.123. The van der Waals surface area contributed by atoms with Crippen LogP contribution in [0.3, 0.4) is 0 Å². The predicted molar refractivity (Wildman–Crippen MR) is 220 cm³/mol. The van der Waals surface area contributed by atoms with Gasteiger partial charge >= 0.3 is 6.03 Å². The lowest BCUT2D eigenvalue weighted by atomic mass is 9.32. The van der Waals surface area contributed by atoms with Crippen LogP contribution in [0.5, 0.6) is 0 Å². The second-order valence-corrected chi connectivity index (χ2v) is 19.4. The Morgan fingerprint density at radius 2 is 1.58 bits per heavy atom. The second-order valence-electron chi connectivity index (χ2n) is 18.1. The maximum Gasteiger partial charge on any atom is 0.318 e. The summed E-state index contributed by atoms with van der Waals surface area (Å²) in [5.74, 6) is 0.314. The van der Waals surface area contributed by atoms with Crippen molar-refractivity contribution in [2.75, 3.05) is 6.54 Å².